The molecular weight excluding hydrogens is 302 g/mol. The fourth-order valence-corrected chi connectivity index (χ4v) is 4.28. The summed E-state index contributed by atoms with van der Waals surface area (Å²) in [6, 6.07) is 6.71. The van der Waals surface area contributed by atoms with E-state index in [1.165, 1.54) is 4.31 Å². The highest BCUT2D eigenvalue weighted by atomic mass is 32.2. The van der Waals surface area contributed by atoms with Crippen LogP contribution in [0, 0.1) is 12.8 Å². The topological polar surface area (TPSA) is 74.7 Å². The Balaban J connectivity index is 2.36. The molecule has 1 saturated heterocycles. The normalized spacial score (nSPS) is 21.9. The Morgan fingerprint density at radius 1 is 1.32 bits per heavy atom. The molecule has 2 rings (SSSR count). The van der Waals surface area contributed by atoms with E-state index in [1.54, 1.807) is 31.2 Å². The number of rotatable bonds is 4. The first-order chi connectivity index (χ1) is 10.3. The molecule has 0 saturated carbocycles. The Hall–Kier alpha value is -1.66. The van der Waals surface area contributed by atoms with Crippen LogP contribution >= 0.6 is 0 Å². The molecule has 1 atom stereocenters. The average Bonchev–Trinajstić information content (AvgIpc) is 2.83. The smallest absolute Gasteiger partial charge is 0.331 e. The van der Waals surface area contributed by atoms with Gasteiger partial charge in [-0.3, -0.25) is 0 Å². The summed E-state index contributed by atoms with van der Waals surface area (Å²) in [5.74, 6) is -1.04. The minimum Gasteiger partial charge on any atom is -0.478 e. The molecule has 22 heavy (non-hydrogen) atoms. The number of carboxylic acid groups (broad SMARTS) is 1. The van der Waals surface area contributed by atoms with Crippen LogP contribution in [0.1, 0.15) is 25.8 Å². The summed E-state index contributed by atoms with van der Waals surface area (Å²) in [5, 5.41) is 9.26. The molecule has 1 fully saturated rings. The van der Waals surface area contributed by atoms with Gasteiger partial charge in [0.15, 0.2) is 0 Å². The molecule has 1 aliphatic rings. The van der Waals surface area contributed by atoms with Gasteiger partial charge in [-0.05, 0) is 37.0 Å². The Labute approximate surface area is 131 Å². The lowest BCUT2D eigenvalue weighted by Gasteiger charge is -2.15. The number of benzene rings is 1. The fourth-order valence-electron chi connectivity index (χ4n) is 2.78. The summed E-state index contributed by atoms with van der Waals surface area (Å²) in [6.45, 7) is 6.03. The van der Waals surface area contributed by atoms with Crippen molar-refractivity contribution in [3.63, 3.8) is 0 Å². The van der Waals surface area contributed by atoms with E-state index in [0.29, 0.717) is 24.1 Å². The van der Waals surface area contributed by atoms with Gasteiger partial charge in [0.1, 0.15) is 0 Å². The van der Waals surface area contributed by atoms with Gasteiger partial charge in [-0.2, -0.15) is 4.31 Å². The minimum atomic E-state index is -3.58. The van der Waals surface area contributed by atoms with Crippen molar-refractivity contribution in [3.05, 3.63) is 41.0 Å². The molecule has 0 bridgehead atoms. The molecule has 1 aliphatic heterocycles. The molecule has 0 radical (unpaired) electrons. The van der Waals surface area contributed by atoms with Crippen LogP contribution in [0.15, 0.2) is 40.3 Å². The van der Waals surface area contributed by atoms with Gasteiger partial charge in [0.25, 0.3) is 0 Å². The molecular formula is C16H21NO4S. The van der Waals surface area contributed by atoms with Crippen LogP contribution in [0.3, 0.4) is 0 Å². The fraction of sp³-hybridized carbons (Fsp3) is 0.438. The van der Waals surface area contributed by atoms with Crippen molar-refractivity contribution in [2.24, 2.45) is 5.92 Å². The lowest BCUT2D eigenvalue weighted by molar-refractivity contribution is -0.132. The Bertz CT molecular complexity index is 704. The largest absolute Gasteiger partial charge is 0.478 e. The highest BCUT2D eigenvalue weighted by Gasteiger charge is 2.35. The summed E-state index contributed by atoms with van der Waals surface area (Å²) in [4.78, 5) is 11.6. The van der Waals surface area contributed by atoms with Crippen LogP contribution in [0.4, 0.5) is 0 Å². The predicted molar refractivity (Wildman–Crippen MR) is 84.1 cm³/mol. The van der Waals surface area contributed by atoms with Crippen LogP contribution in [-0.4, -0.2) is 36.9 Å². The molecule has 6 heteroatoms. The summed E-state index contributed by atoms with van der Waals surface area (Å²) in [7, 11) is -3.58. The zero-order valence-corrected chi connectivity index (χ0v) is 13.9. The maximum absolute atomic E-state index is 12.7. The summed E-state index contributed by atoms with van der Waals surface area (Å²) in [5.41, 5.74) is 2.04. The Morgan fingerprint density at radius 2 is 1.91 bits per heavy atom. The molecule has 0 aliphatic carbocycles. The second-order valence-electron chi connectivity index (χ2n) is 5.67. The minimum absolute atomic E-state index is 0.0775. The van der Waals surface area contributed by atoms with Crippen molar-refractivity contribution in [1.82, 2.24) is 4.31 Å². The summed E-state index contributed by atoms with van der Waals surface area (Å²) < 4.78 is 26.7. The van der Waals surface area contributed by atoms with Crippen LogP contribution in [-0.2, 0) is 14.8 Å². The maximum atomic E-state index is 12.7. The zero-order chi connectivity index (χ0) is 16.5. The third-order valence-corrected chi connectivity index (χ3v) is 5.90. The van der Waals surface area contributed by atoms with E-state index in [1.807, 2.05) is 13.8 Å². The number of nitrogens with zero attached hydrogens (tertiary/aromatic N) is 1. The SMILES string of the molecule is CC/C(C(=O)O)=C1\CN(S(=O)(=O)c2ccc(C)cc2)C[C@H]1C. The van der Waals surface area contributed by atoms with Crippen molar-refractivity contribution in [3.8, 4) is 0 Å². The zero-order valence-electron chi connectivity index (χ0n) is 13.0. The van der Waals surface area contributed by atoms with Crippen molar-refractivity contribution >= 4 is 16.0 Å². The van der Waals surface area contributed by atoms with Crippen LogP contribution in [0.2, 0.25) is 0 Å². The molecule has 0 amide bonds. The first-order valence-corrected chi connectivity index (χ1v) is 8.73. The molecule has 5 nitrogen and oxygen atoms in total. The van der Waals surface area contributed by atoms with E-state index in [2.05, 4.69) is 0 Å². The quantitative estimate of drug-likeness (QED) is 0.864. The molecule has 1 N–H and O–H groups in total. The number of carboxylic acids is 1. The third kappa shape index (κ3) is 3.08. The average molecular weight is 323 g/mol. The Morgan fingerprint density at radius 3 is 2.41 bits per heavy atom. The Kier molecular flexibility index (Phi) is 4.72. The number of aliphatic carboxylic acids is 1. The van der Waals surface area contributed by atoms with Crippen molar-refractivity contribution in [2.75, 3.05) is 13.1 Å². The number of aryl methyl sites for hydroxylation is 1. The lowest BCUT2D eigenvalue weighted by Crippen LogP contribution is -2.28. The van der Waals surface area contributed by atoms with Gasteiger partial charge in [-0.15, -0.1) is 0 Å². The predicted octanol–water partition coefficient (Wildman–Crippen LogP) is 2.43. The molecule has 0 aromatic heterocycles. The second kappa shape index (κ2) is 6.22. The van der Waals surface area contributed by atoms with Gasteiger partial charge in [-0.25, -0.2) is 13.2 Å². The summed E-state index contributed by atoms with van der Waals surface area (Å²) in [6.07, 6.45) is 0.396. The van der Waals surface area contributed by atoms with E-state index in [9.17, 15) is 18.3 Å². The molecule has 0 spiro atoms. The van der Waals surface area contributed by atoms with Gasteiger partial charge in [0, 0.05) is 18.7 Å². The van der Waals surface area contributed by atoms with Gasteiger partial charge in [0.05, 0.1) is 4.90 Å². The third-order valence-electron chi connectivity index (χ3n) is 4.08. The van der Waals surface area contributed by atoms with Crippen molar-refractivity contribution in [1.29, 1.82) is 0 Å². The standard InChI is InChI=1S/C16H21NO4S/c1-4-14(16(18)19)15-10-17(9-12(15)3)22(20,21)13-7-5-11(2)6-8-13/h5-8,12H,4,9-10H2,1-3H3,(H,18,19)/b15-14-/t12-/m1/s1. The molecule has 120 valence electrons. The number of hydrogen-bond donors (Lipinski definition) is 1. The first-order valence-electron chi connectivity index (χ1n) is 7.29. The highest BCUT2D eigenvalue weighted by molar-refractivity contribution is 7.89. The van der Waals surface area contributed by atoms with Crippen LogP contribution in [0.5, 0.6) is 0 Å². The van der Waals surface area contributed by atoms with E-state index >= 15 is 0 Å². The lowest BCUT2D eigenvalue weighted by atomic mass is 9.97. The van der Waals surface area contributed by atoms with Gasteiger partial charge in [0.2, 0.25) is 10.0 Å². The van der Waals surface area contributed by atoms with Crippen LogP contribution in [0.25, 0.3) is 0 Å². The van der Waals surface area contributed by atoms with E-state index in [0.717, 1.165) is 5.56 Å². The monoisotopic (exact) mass is 323 g/mol. The molecule has 0 unspecified atom stereocenters. The van der Waals surface area contributed by atoms with Gasteiger partial charge in [-0.1, -0.05) is 31.5 Å². The van der Waals surface area contributed by atoms with Crippen molar-refractivity contribution < 1.29 is 18.3 Å². The molecule has 1 heterocycles. The van der Waals surface area contributed by atoms with E-state index in [-0.39, 0.29) is 17.4 Å². The van der Waals surface area contributed by atoms with Crippen LogP contribution < -0.4 is 0 Å². The highest BCUT2D eigenvalue weighted by Crippen LogP contribution is 2.31. The number of sulfonamides is 1. The molecule has 1 aromatic rings. The van der Waals surface area contributed by atoms with Gasteiger partial charge < -0.3 is 5.11 Å². The first kappa shape index (κ1) is 16.7. The van der Waals surface area contributed by atoms with E-state index in [4.69, 9.17) is 0 Å². The second-order valence-corrected chi connectivity index (χ2v) is 7.61. The number of carbonyl (C=O) groups is 1. The van der Waals surface area contributed by atoms with Crippen molar-refractivity contribution in [2.45, 2.75) is 32.1 Å². The number of hydrogen-bond acceptors (Lipinski definition) is 3. The van der Waals surface area contributed by atoms with E-state index < -0.39 is 16.0 Å². The molecule has 1 aromatic carbocycles. The summed E-state index contributed by atoms with van der Waals surface area (Å²) >= 11 is 0. The maximum Gasteiger partial charge on any atom is 0.331 e. The van der Waals surface area contributed by atoms with Gasteiger partial charge >= 0.3 is 5.97 Å².